The number of nitrogens with zero attached hydrogens (tertiary/aromatic N) is 3. The van der Waals surface area contributed by atoms with Gasteiger partial charge in [-0.2, -0.15) is 0 Å². The van der Waals surface area contributed by atoms with E-state index in [1.54, 1.807) is 19.1 Å². The lowest BCUT2D eigenvalue weighted by atomic mass is 10.1. The molecule has 0 aliphatic rings. The van der Waals surface area contributed by atoms with E-state index in [1.807, 2.05) is 0 Å². The number of rotatable bonds is 6. The maximum atomic E-state index is 10.8. The molecular formula is C12H13N3O3. The highest BCUT2D eigenvalue weighted by molar-refractivity contribution is 5.79. The number of aromatic hydroxyl groups is 1. The molecule has 1 rings (SSSR count). The van der Waals surface area contributed by atoms with E-state index in [1.165, 1.54) is 12.1 Å². The molecular weight excluding hydrogens is 234 g/mol. The van der Waals surface area contributed by atoms with Crippen LogP contribution in [0.4, 0.5) is 0 Å². The van der Waals surface area contributed by atoms with Crippen LogP contribution in [0.25, 0.3) is 16.5 Å². The summed E-state index contributed by atoms with van der Waals surface area (Å²) < 4.78 is 5.22. The fourth-order valence-corrected chi connectivity index (χ4v) is 1.38. The van der Waals surface area contributed by atoms with Gasteiger partial charge in [-0.3, -0.25) is 4.79 Å². The third kappa shape index (κ3) is 3.54. The fraction of sp³-hybridized carbons (Fsp3) is 0.250. The summed E-state index contributed by atoms with van der Waals surface area (Å²) in [7, 11) is 0. The van der Waals surface area contributed by atoms with Gasteiger partial charge >= 0.3 is 0 Å². The molecule has 0 aromatic heterocycles. The van der Waals surface area contributed by atoms with Crippen LogP contribution in [0.3, 0.4) is 0 Å². The second-order valence-electron chi connectivity index (χ2n) is 3.32. The van der Waals surface area contributed by atoms with Gasteiger partial charge in [-0.05, 0) is 24.6 Å². The lowest BCUT2D eigenvalue weighted by molar-refractivity contribution is 0.112. The largest absolute Gasteiger partial charge is 0.504 e. The number of ether oxygens (including phenoxy) is 1. The van der Waals surface area contributed by atoms with Crippen molar-refractivity contribution in [2.45, 2.75) is 6.92 Å². The van der Waals surface area contributed by atoms with Crippen molar-refractivity contribution >= 4 is 12.4 Å². The summed E-state index contributed by atoms with van der Waals surface area (Å²) in [5.41, 5.74) is 8.97. The summed E-state index contributed by atoms with van der Waals surface area (Å²) in [5, 5.41) is 13.2. The predicted molar refractivity (Wildman–Crippen MR) is 67.7 cm³/mol. The number of hydrogen-bond acceptors (Lipinski definition) is 4. The standard InChI is InChI=1S/C12H13N3O3/c1-2-18-11-7-9(8-16)6-10(12(11)17)4-3-5-14-15-13/h3-4,6-8,17H,2,5H2,1H3. The number of carbonyl (C=O) groups excluding carboxylic acids is 1. The van der Waals surface area contributed by atoms with Crippen LogP contribution in [-0.2, 0) is 0 Å². The summed E-state index contributed by atoms with van der Waals surface area (Å²) >= 11 is 0. The van der Waals surface area contributed by atoms with Crippen LogP contribution in [-0.4, -0.2) is 24.5 Å². The molecule has 1 aromatic carbocycles. The number of phenolic OH excluding ortho intramolecular Hbond substituents is 1. The van der Waals surface area contributed by atoms with Crippen LogP contribution < -0.4 is 4.74 Å². The van der Waals surface area contributed by atoms with Crippen LogP contribution in [0.15, 0.2) is 23.3 Å². The monoisotopic (exact) mass is 247 g/mol. The van der Waals surface area contributed by atoms with Gasteiger partial charge in [0.25, 0.3) is 0 Å². The molecule has 0 saturated heterocycles. The minimum Gasteiger partial charge on any atom is -0.504 e. The van der Waals surface area contributed by atoms with E-state index in [4.69, 9.17) is 10.3 Å². The van der Waals surface area contributed by atoms with E-state index in [0.717, 1.165) is 0 Å². The Labute approximate surface area is 104 Å². The van der Waals surface area contributed by atoms with Crippen LogP contribution in [0.2, 0.25) is 0 Å². The molecule has 1 aromatic rings. The molecule has 6 nitrogen and oxygen atoms in total. The van der Waals surface area contributed by atoms with Crippen molar-refractivity contribution in [1.82, 2.24) is 0 Å². The van der Waals surface area contributed by atoms with Crippen molar-refractivity contribution in [2.24, 2.45) is 5.11 Å². The van der Waals surface area contributed by atoms with Crippen molar-refractivity contribution in [1.29, 1.82) is 0 Å². The van der Waals surface area contributed by atoms with E-state index in [-0.39, 0.29) is 18.0 Å². The average Bonchev–Trinajstić information content (AvgIpc) is 2.38. The van der Waals surface area contributed by atoms with Crippen molar-refractivity contribution in [3.05, 3.63) is 39.8 Å². The van der Waals surface area contributed by atoms with Gasteiger partial charge in [-0.25, -0.2) is 0 Å². The molecule has 0 amide bonds. The van der Waals surface area contributed by atoms with E-state index < -0.39 is 0 Å². The molecule has 94 valence electrons. The number of azide groups is 1. The number of aldehydes is 1. The van der Waals surface area contributed by atoms with Gasteiger partial charge in [0.1, 0.15) is 6.29 Å². The predicted octanol–water partition coefficient (Wildman–Crippen LogP) is 2.93. The molecule has 0 saturated carbocycles. The van der Waals surface area contributed by atoms with Crippen molar-refractivity contribution in [2.75, 3.05) is 13.2 Å². The summed E-state index contributed by atoms with van der Waals surface area (Å²) in [5.74, 6) is 0.213. The lowest BCUT2D eigenvalue weighted by Crippen LogP contribution is -1.95. The van der Waals surface area contributed by atoms with Crippen LogP contribution >= 0.6 is 0 Å². The zero-order valence-corrected chi connectivity index (χ0v) is 9.91. The molecule has 1 N–H and O–H groups in total. The first-order chi connectivity index (χ1) is 8.72. The molecule has 0 bridgehead atoms. The zero-order valence-electron chi connectivity index (χ0n) is 9.91. The fourth-order valence-electron chi connectivity index (χ4n) is 1.38. The van der Waals surface area contributed by atoms with Gasteiger partial charge in [0, 0.05) is 22.6 Å². The highest BCUT2D eigenvalue weighted by atomic mass is 16.5. The molecule has 0 unspecified atom stereocenters. The molecule has 0 fully saturated rings. The minimum absolute atomic E-state index is 0.0420. The van der Waals surface area contributed by atoms with Crippen LogP contribution in [0, 0.1) is 0 Å². The maximum Gasteiger partial charge on any atom is 0.165 e. The van der Waals surface area contributed by atoms with Gasteiger partial charge in [0.05, 0.1) is 6.61 Å². The van der Waals surface area contributed by atoms with Gasteiger partial charge in [0.15, 0.2) is 11.5 Å². The molecule has 6 heteroatoms. The number of phenols is 1. The lowest BCUT2D eigenvalue weighted by Gasteiger charge is -2.09. The minimum atomic E-state index is -0.0420. The Kier molecular flexibility index (Phi) is 5.28. The first-order valence-corrected chi connectivity index (χ1v) is 5.35. The molecule has 0 radical (unpaired) electrons. The summed E-state index contributed by atoms with van der Waals surface area (Å²) in [6.07, 6.45) is 3.82. The Hall–Kier alpha value is -2.46. The Morgan fingerprint density at radius 1 is 1.56 bits per heavy atom. The van der Waals surface area contributed by atoms with Gasteiger partial charge in [0.2, 0.25) is 0 Å². The normalized spacial score (nSPS) is 10.1. The molecule has 18 heavy (non-hydrogen) atoms. The molecule has 0 atom stereocenters. The molecule has 0 aliphatic carbocycles. The van der Waals surface area contributed by atoms with E-state index in [2.05, 4.69) is 10.0 Å². The Bertz CT molecular complexity index is 506. The van der Waals surface area contributed by atoms with Crippen LogP contribution in [0.1, 0.15) is 22.8 Å². The smallest absolute Gasteiger partial charge is 0.165 e. The second-order valence-corrected chi connectivity index (χ2v) is 3.32. The van der Waals surface area contributed by atoms with Crippen molar-refractivity contribution < 1.29 is 14.6 Å². The number of hydrogen-bond donors (Lipinski definition) is 1. The van der Waals surface area contributed by atoms with Gasteiger partial charge in [-0.1, -0.05) is 17.3 Å². The molecule has 0 heterocycles. The second kappa shape index (κ2) is 6.98. The summed E-state index contributed by atoms with van der Waals surface area (Å²) in [6.45, 7) is 2.34. The van der Waals surface area contributed by atoms with E-state index in [0.29, 0.717) is 24.0 Å². The average molecular weight is 247 g/mol. The van der Waals surface area contributed by atoms with E-state index in [9.17, 15) is 9.90 Å². The molecule has 0 spiro atoms. The number of benzene rings is 1. The third-order valence-corrected chi connectivity index (χ3v) is 2.11. The highest BCUT2D eigenvalue weighted by Crippen LogP contribution is 2.32. The van der Waals surface area contributed by atoms with Crippen molar-refractivity contribution in [3.8, 4) is 11.5 Å². The first-order valence-electron chi connectivity index (χ1n) is 5.35. The highest BCUT2D eigenvalue weighted by Gasteiger charge is 2.08. The topological polar surface area (TPSA) is 95.3 Å². The first kappa shape index (κ1) is 13.6. The zero-order chi connectivity index (χ0) is 13.4. The molecule has 0 aliphatic heterocycles. The van der Waals surface area contributed by atoms with E-state index >= 15 is 0 Å². The quantitative estimate of drug-likeness (QED) is 0.362. The van der Waals surface area contributed by atoms with Crippen molar-refractivity contribution in [3.63, 3.8) is 0 Å². The third-order valence-electron chi connectivity index (χ3n) is 2.11. The Morgan fingerprint density at radius 2 is 2.33 bits per heavy atom. The number of carbonyl (C=O) groups is 1. The Morgan fingerprint density at radius 3 is 2.94 bits per heavy atom. The SMILES string of the molecule is CCOc1cc(C=O)cc(C=CCN=[N+]=[N-])c1O. The Balaban J connectivity index is 3.08. The van der Waals surface area contributed by atoms with Gasteiger partial charge in [-0.15, -0.1) is 0 Å². The summed E-state index contributed by atoms with van der Waals surface area (Å²) in [6, 6.07) is 2.99. The summed E-state index contributed by atoms with van der Waals surface area (Å²) in [4.78, 5) is 13.4. The maximum absolute atomic E-state index is 10.8. The van der Waals surface area contributed by atoms with Crippen LogP contribution in [0.5, 0.6) is 11.5 Å². The van der Waals surface area contributed by atoms with Gasteiger partial charge < -0.3 is 9.84 Å².